The molecule has 0 spiro atoms. The number of anilines is 5. The highest BCUT2D eigenvalue weighted by atomic mass is 32.2. The lowest BCUT2D eigenvalue weighted by Gasteiger charge is -2.31. The second-order valence-electron chi connectivity index (χ2n) is 15.3. The van der Waals surface area contributed by atoms with Crippen LogP contribution in [0.25, 0.3) is 10.8 Å². The van der Waals surface area contributed by atoms with Crippen LogP contribution >= 0.6 is 0 Å². The lowest BCUT2D eigenvalue weighted by Crippen LogP contribution is -2.30. The third-order valence-corrected chi connectivity index (χ3v) is 13.4. The summed E-state index contributed by atoms with van der Waals surface area (Å²) >= 11 is 0. The van der Waals surface area contributed by atoms with Gasteiger partial charge in [-0.15, -0.1) is 0 Å². The van der Waals surface area contributed by atoms with Gasteiger partial charge >= 0.3 is 0 Å². The van der Waals surface area contributed by atoms with E-state index in [9.17, 15) is 25.9 Å². The molecule has 0 aliphatic heterocycles. The number of fused-ring (bicyclic) bond motifs is 1. The summed E-state index contributed by atoms with van der Waals surface area (Å²) in [6.07, 6.45) is 4.48. The van der Waals surface area contributed by atoms with Gasteiger partial charge in [0.15, 0.2) is 0 Å². The summed E-state index contributed by atoms with van der Waals surface area (Å²) in [5, 5.41) is 5.38. The van der Waals surface area contributed by atoms with E-state index >= 15 is 0 Å². The van der Waals surface area contributed by atoms with E-state index in [-0.39, 0.29) is 21.8 Å². The van der Waals surface area contributed by atoms with E-state index in [4.69, 9.17) is 0 Å². The Hall–Kier alpha value is -5.20. The van der Waals surface area contributed by atoms with Gasteiger partial charge in [0.1, 0.15) is 0 Å². The second-order valence-corrected chi connectivity index (χ2v) is 18.1. The quantitative estimate of drug-likeness (QED) is 0.0771. The van der Waals surface area contributed by atoms with Crippen molar-refractivity contribution in [3.63, 3.8) is 0 Å². The maximum atomic E-state index is 12.5. The molecule has 0 bridgehead atoms. The van der Waals surface area contributed by atoms with Crippen LogP contribution in [0, 0.1) is 12.8 Å². The van der Waals surface area contributed by atoms with Crippen molar-refractivity contribution in [2.24, 2.45) is 5.92 Å². The first-order valence-electron chi connectivity index (χ1n) is 20.0. The van der Waals surface area contributed by atoms with Gasteiger partial charge in [-0.25, -0.2) is 0 Å². The molecular weight excluding hydrogens is 767 g/mol. The monoisotopic (exact) mass is 817 g/mol. The van der Waals surface area contributed by atoms with Crippen LogP contribution in [0.15, 0.2) is 137 Å². The molecule has 3 atom stereocenters. The number of para-hydroxylation sites is 1. The van der Waals surface area contributed by atoms with Crippen LogP contribution in [0.1, 0.15) is 74.6 Å². The average molecular weight is 818 g/mol. The largest absolute Gasteiger partial charge is 0.382 e. The molecule has 0 aromatic heterocycles. The molecule has 0 radical (unpaired) electrons. The summed E-state index contributed by atoms with van der Waals surface area (Å²) in [5.74, 6) is 0.198. The molecule has 6 aromatic rings. The fourth-order valence-electron chi connectivity index (χ4n) is 8.58. The van der Waals surface area contributed by atoms with Gasteiger partial charge in [0.25, 0.3) is 20.2 Å². The smallest absolute Gasteiger partial charge is 0.294 e. The number of rotatable bonds is 13. The fourth-order valence-corrected chi connectivity index (χ4v) is 9.57. The number of aryl methyl sites for hydroxylation is 1. The molecule has 58 heavy (non-hydrogen) atoms. The van der Waals surface area contributed by atoms with Gasteiger partial charge in [-0.05, 0) is 146 Å². The van der Waals surface area contributed by atoms with Gasteiger partial charge in [0, 0.05) is 58.9 Å². The predicted molar refractivity (Wildman–Crippen MR) is 235 cm³/mol. The highest BCUT2D eigenvalue weighted by molar-refractivity contribution is 7.86. The van der Waals surface area contributed by atoms with Gasteiger partial charge in [0.2, 0.25) is 0 Å². The van der Waals surface area contributed by atoms with E-state index in [2.05, 4.69) is 103 Å². The van der Waals surface area contributed by atoms with E-state index in [1.807, 2.05) is 31.2 Å². The Bertz CT molecular complexity index is 2620. The van der Waals surface area contributed by atoms with Crippen molar-refractivity contribution in [2.75, 3.05) is 28.2 Å². The van der Waals surface area contributed by atoms with Crippen LogP contribution in [-0.4, -0.2) is 45.1 Å². The number of nitrogens with one attached hydrogen (secondary N) is 1. The topological polar surface area (TPSA) is 127 Å². The van der Waals surface area contributed by atoms with Gasteiger partial charge in [-0.3, -0.25) is 9.11 Å². The van der Waals surface area contributed by atoms with Crippen LogP contribution in [0.3, 0.4) is 0 Å². The van der Waals surface area contributed by atoms with Gasteiger partial charge in [0.05, 0.1) is 9.79 Å². The zero-order valence-electron chi connectivity index (χ0n) is 33.3. The second kappa shape index (κ2) is 17.0. The molecule has 7 rings (SSSR count). The first kappa shape index (κ1) is 41.0. The maximum Gasteiger partial charge on any atom is 0.294 e. The molecule has 1 saturated carbocycles. The number of nitrogens with zero attached hydrogens (tertiary/aromatic N) is 2. The lowest BCUT2D eigenvalue weighted by molar-refractivity contribution is 0.350. The molecule has 0 saturated heterocycles. The Morgan fingerprint density at radius 1 is 0.621 bits per heavy atom. The van der Waals surface area contributed by atoms with E-state index in [1.54, 1.807) is 18.2 Å². The third kappa shape index (κ3) is 8.63. The molecule has 1 aliphatic carbocycles. The van der Waals surface area contributed by atoms with E-state index < -0.39 is 20.2 Å². The Morgan fingerprint density at radius 3 is 1.78 bits per heavy atom. The molecule has 302 valence electrons. The minimum atomic E-state index is -4.46. The average Bonchev–Trinajstić information content (AvgIpc) is 3.21. The minimum absolute atomic E-state index is 0.150. The molecule has 9 nitrogen and oxygen atoms in total. The van der Waals surface area contributed by atoms with E-state index in [0.29, 0.717) is 12.5 Å². The lowest BCUT2D eigenvalue weighted by atomic mass is 9.80. The molecule has 1 aliphatic rings. The molecule has 1 fully saturated rings. The van der Waals surface area contributed by atoms with Crippen molar-refractivity contribution in [1.82, 2.24) is 0 Å². The first-order valence-corrected chi connectivity index (χ1v) is 22.8. The van der Waals surface area contributed by atoms with Gasteiger partial charge in [-0.2, -0.15) is 16.8 Å². The normalized spacial score (nSPS) is 16.5. The summed E-state index contributed by atoms with van der Waals surface area (Å²) in [6.45, 7) is 9.90. The summed E-state index contributed by atoms with van der Waals surface area (Å²) in [7, 11) is -8.79. The molecule has 0 heterocycles. The van der Waals surface area contributed by atoms with Crippen molar-refractivity contribution < 1.29 is 25.9 Å². The predicted octanol–water partition coefficient (Wildman–Crippen LogP) is 11.1. The molecule has 0 amide bonds. The first-order chi connectivity index (χ1) is 27.8. The fraction of sp³-hybridized carbons (Fsp3) is 0.277. The minimum Gasteiger partial charge on any atom is -0.382 e. The molecule has 3 unspecified atom stereocenters. The van der Waals surface area contributed by atoms with Crippen LogP contribution in [0.2, 0.25) is 0 Å². The molecule has 3 N–H and O–H groups in total. The molecule has 6 aromatic carbocycles. The van der Waals surface area contributed by atoms with E-state index in [1.165, 1.54) is 24.6 Å². The molecule has 11 heteroatoms. The van der Waals surface area contributed by atoms with Crippen molar-refractivity contribution in [3.8, 4) is 0 Å². The number of hydrogen-bond acceptors (Lipinski definition) is 7. The summed E-state index contributed by atoms with van der Waals surface area (Å²) in [4.78, 5) is 4.03. The maximum absolute atomic E-state index is 12.5. The number of hydrogen-bond donors (Lipinski definition) is 3. The summed E-state index contributed by atoms with van der Waals surface area (Å²) in [5.41, 5.74) is 8.84. The Kier molecular flexibility index (Phi) is 12.0. The zero-order chi connectivity index (χ0) is 41.2. The third-order valence-electron chi connectivity index (χ3n) is 11.6. The SMILES string of the molecule is CCN(c1ccccc1)c1ccc(C(c2ccc(N(CC)c3ccc(S(=O)(=O)O)cc3)cc2C)c2ccc(NC3CCCCC3C)c3cc(S(=O)(=O)O)ccc23)cc1. The number of benzene rings is 6. The Labute approximate surface area is 342 Å². The van der Waals surface area contributed by atoms with E-state index in [0.717, 1.165) is 87.3 Å². The zero-order valence-corrected chi connectivity index (χ0v) is 35.0. The van der Waals surface area contributed by atoms with Gasteiger partial charge in [-0.1, -0.05) is 68.3 Å². The Balaban J connectivity index is 1.37. The van der Waals surface area contributed by atoms with Gasteiger partial charge < -0.3 is 15.1 Å². The van der Waals surface area contributed by atoms with Crippen molar-refractivity contribution in [2.45, 2.75) is 75.1 Å². The highest BCUT2D eigenvalue weighted by Crippen LogP contribution is 2.43. The Morgan fingerprint density at radius 2 is 1.17 bits per heavy atom. The standard InChI is InChI=1S/C47H51N3O6S2/c1-5-49(35-13-8-7-9-14-35)36-18-16-34(17-19-36)47(41-26-22-38(30-33(41)4)50(6-2)37-20-23-39(24-21-37)57(51,52)53)43-28-29-46(48-45-15-11-10-12-32(45)3)44-31-40(58(54,55)56)25-27-42(43)44/h7-9,13-14,16-32,45,47-48H,5-6,10-12,15H2,1-4H3,(H,51,52,53)(H,54,55,56). The molecular formula is C47H51N3O6S2. The van der Waals surface area contributed by atoms with Crippen molar-refractivity contribution in [3.05, 3.63) is 150 Å². The van der Waals surface area contributed by atoms with Crippen molar-refractivity contribution in [1.29, 1.82) is 0 Å². The summed E-state index contributed by atoms with van der Waals surface area (Å²) in [6, 6.07) is 40.8. The van der Waals surface area contributed by atoms with Crippen LogP contribution < -0.4 is 15.1 Å². The van der Waals surface area contributed by atoms with Crippen LogP contribution in [0.5, 0.6) is 0 Å². The van der Waals surface area contributed by atoms with Crippen LogP contribution in [-0.2, 0) is 20.2 Å². The summed E-state index contributed by atoms with van der Waals surface area (Å²) < 4.78 is 68.2. The van der Waals surface area contributed by atoms with Crippen LogP contribution in [0.4, 0.5) is 28.4 Å². The highest BCUT2D eigenvalue weighted by Gasteiger charge is 2.26. The van der Waals surface area contributed by atoms with Crippen molar-refractivity contribution >= 4 is 59.4 Å².